The van der Waals surface area contributed by atoms with Gasteiger partial charge in [-0.15, -0.1) is 0 Å². The summed E-state index contributed by atoms with van der Waals surface area (Å²) in [7, 11) is 0. The Hall–Kier alpha value is -4.89. The Morgan fingerprint density at radius 1 is 0.857 bits per heavy atom. The lowest BCUT2D eigenvalue weighted by atomic mass is 10.00. The van der Waals surface area contributed by atoms with Crippen molar-refractivity contribution in [3.8, 4) is 5.75 Å². The van der Waals surface area contributed by atoms with Crippen LogP contribution in [-0.4, -0.2) is 82.4 Å². The molecule has 4 atom stereocenters. The summed E-state index contributed by atoms with van der Waals surface area (Å²) in [5.41, 5.74) is 11.2. The molecule has 0 heterocycles. The molecule has 42 heavy (non-hydrogen) atoms. The Kier molecular flexibility index (Phi) is 14.3. The smallest absolute Gasteiger partial charge is 0.305 e. The Bertz CT molecular complexity index is 1130. The quantitative estimate of drug-likeness (QED) is 0.0528. The van der Waals surface area contributed by atoms with E-state index in [1.807, 2.05) is 0 Å². The predicted octanol–water partition coefficient (Wildman–Crippen LogP) is -2.23. The molecule has 12 N–H and O–H groups in total. The monoisotopic (exact) mass is 592 g/mol. The van der Waals surface area contributed by atoms with Crippen molar-refractivity contribution in [2.75, 3.05) is 6.54 Å². The molecular formula is C26H40N8O8. The summed E-state index contributed by atoms with van der Waals surface area (Å²) in [6.07, 6.45) is -0.350. The molecular weight excluding hydrogens is 552 g/mol. The van der Waals surface area contributed by atoms with E-state index < -0.39 is 72.0 Å². The summed E-state index contributed by atoms with van der Waals surface area (Å²) in [5.74, 6) is -6.06. The second-order valence-electron chi connectivity index (χ2n) is 9.96. The maximum atomic E-state index is 13.4. The first kappa shape index (κ1) is 35.1. The minimum atomic E-state index is -1.45. The standard InChI is InChI=1S/C26H40N8O8/c1-13(2)21(34-24(41)19(12-20(37)38)31-14(3)35)25(42)33-18(11-15-6-8-16(36)9-7-15)23(40)32-17(22(27)39)5-4-10-30-26(28)29/h6-9,13,17-19,21,36H,4-5,10-12H2,1-3H3,(H2,27,39)(H,31,35)(H,32,40)(H,33,42)(H,34,41)(H,37,38)(H4,28,29,30)/t17-,18-,19-,21-/m0/s1. The molecule has 16 heteroatoms. The van der Waals surface area contributed by atoms with Crippen LogP contribution in [0.2, 0.25) is 0 Å². The van der Waals surface area contributed by atoms with Crippen molar-refractivity contribution >= 4 is 41.5 Å². The molecule has 0 unspecified atom stereocenters. The van der Waals surface area contributed by atoms with Crippen LogP contribution in [0.4, 0.5) is 0 Å². The predicted molar refractivity (Wildman–Crippen MR) is 151 cm³/mol. The van der Waals surface area contributed by atoms with Gasteiger partial charge in [0.1, 0.15) is 29.9 Å². The highest BCUT2D eigenvalue weighted by molar-refractivity contribution is 5.96. The number of carbonyl (C=O) groups excluding carboxylic acids is 5. The van der Waals surface area contributed by atoms with E-state index in [4.69, 9.17) is 22.0 Å². The van der Waals surface area contributed by atoms with Crippen molar-refractivity contribution in [2.24, 2.45) is 17.4 Å². The molecule has 1 rings (SSSR count). The van der Waals surface area contributed by atoms with Crippen LogP contribution in [0, 0.1) is 11.3 Å². The molecule has 16 nitrogen and oxygen atoms in total. The number of phenolic OH excluding ortho intramolecular Hbond substituents is 1. The van der Waals surface area contributed by atoms with E-state index in [1.54, 1.807) is 13.8 Å². The second-order valence-corrected chi connectivity index (χ2v) is 9.96. The molecule has 0 spiro atoms. The van der Waals surface area contributed by atoms with Crippen LogP contribution in [-0.2, 0) is 35.2 Å². The molecule has 0 saturated heterocycles. The van der Waals surface area contributed by atoms with Gasteiger partial charge in [-0.05, 0) is 36.5 Å². The molecule has 0 aromatic heterocycles. The first-order chi connectivity index (χ1) is 19.6. The van der Waals surface area contributed by atoms with Crippen LogP contribution in [0.15, 0.2) is 24.3 Å². The van der Waals surface area contributed by atoms with Gasteiger partial charge in [-0.25, -0.2) is 0 Å². The van der Waals surface area contributed by atoms with Crippen molar-refractivity contribution in [3.63, 3.8) is 0 Å². The summed E-state index contributed by atoms with van der Waals surface area (Å²) in [5, 5.41) is 38.3. The number of guanidine groups is 1. The maximum Gasteiger partial charge on any atom is 0.305 e. The van der Waals surface area contributed by atoms with E-state index in [-0.39, 0.29) is 31.1 Å². The number of benzene rings is 1. The lowest BCUT2D eigenvalue weighted by Crippen LogP contribution is -2.59. The summed E-state index contributed by atoms with van der Waals surface area (Å²) < 4.78 is 0. The van der Waals surface area contributed by atoms with Crippen molar-refractivity contribution in [1.29, 1.82) is 5.41 Å². The fourth-order valence-corrected chi connectivity index (χ4v) is 3.84. The van der Waals surface area contributed by atoms with E-state index in [1.165, 1.54) is 24.3 Å². The van der Waals surface area contributed by atoms with Gasteiger partial charge in [0.05, 0.1) is 6.42 Å². The zero-order valence-electron chi connectivity index (χ0n) is 23.7. The number of nitrogens with two attached hydrogens (primary N) is 2. The fraction of sp³-hybridized carbons (Fsp3) is 0.500. The Morgan fingerprint density at radius 2 is 1.43 bits per heavy atom. The molecule has 0 aliphatic carbocycles. The number of carboxylic acids is 1. The van der Waals surface area contributed by atoms with Crippen LogP contribution in [0.1, 0.15) is 45.6 Å². The molecule has 1 aromatic carbocycles. The van der Waals surface area contributed by atoms with Gasteiger partial charge in [0.25, 0.3) is 0 Å². The normalized spacial score (nSPS) is 13.5. The highest BCUT2D eigenvalue weighted by Crippen LogP contribution is 2.13. The van der Waals surface area contributed by atoms with Gasteiger partial charge in [-0.3, -0.25) is 34.2 Å². The molecule has 0 fully saturated rings. The molecule has 0 saturated carbocycles. The Morgan fingerprint density at radius 3 is 1.93 bits per heavy atom. The molecule has 5 amide bonds. The van der Waals surface area contributed by atoms with Gasteiger partial charge >= 0.3 is 5.97 Å². The average Bonchev–Trinajstić information content (AvgIpc) is 2.88. The first-order valence-corrected chi connectivity index (χ1v) is 13.2. The van der Waals surface area contributed by atoms with Crippen molar-refractivity contribution in [2.45, 2.75) is 70.6 Å². The minimum absolute atomic E-state index is 0.0191. The van der Waals surface area contributed by atoms with E-state index in [2.05, 4.69) is 26.6 Å². The van der Waals surface area contributed by atoms with Crippen LogP contribution in [0.3, 0.4) is 0 Å². The number of amides is 5. The van der Waals surface area contributed by atoms with Crippen LogP contribution in [0.5, 0.6) is 5.75 Å². The van der Waals surface area contributed by atoms with Crippen molar-refractivity contribution < 1.29 is 39.0 Å². The van der Waals surface area contributed by atoms with Gasteiger partial charge in [-0.2, -0.15) is 0 Å². The lowest BCUT2D eigenvalue weighted by molar-refractivity contribution is -0.141. The lowest BCUT2D eigenvalue weighted by Gasteiger charge is -2.27. The van der Waals surface area contributed by atoms with Gasteiger partial charge < -0.3 is 48.3 Å². The van der Waals surface area contributed by atoms with E-state index in [9.17, 15) is 33.9 Å². The Labute approximate surface area is 242 Å². The van der Waals surface area contributed by atoms with E-state index >= 15 is 0 Å². The number of aliphatic carboxylic acids is 1. The Balaban J connectivity index is 3.17. The van der Waals surface area contributed by atoms with Crippen molar-refractivity contribution in [3.05, 3.63) is 29.8 Å². The van der Waals surface area contributed by atoms with E-state index in [0.717, 1.165) is 6.92 Å². The first-order valence-electron chi connectivity index (χ1n) is 13.2. The molecule has 1 aromatic rings. The zero-order chi connectivity index (χ0) is 32.0. The summed E-state index contributed by atoms with van der Waals surface area (Å²) in [4.78, 5) is 74.2. The number of carbonyl (C=O) groups is 6. The highest BCUT2D eigenvalue weighted by atomic mass is 16.4. The molecule has 0 aliphatic rings. The fourth-order valence-electron chi connectivity index (χ4n) is 3.84. The topological polar surface area (TPSA) is 279 Å². The molecule has 0 radical (unpaired) electrons. The van der Waals surface area contributed by atoms with Crippen LogP contribution in [0.25, 0.3) is 0 Å². The third-order valence-electron chi connectivity index (χ3n) is 5.97. The third-order valence-corrected chi connectivity index (χ3v) is 5.97. The average molecular weight is 593 g/mol. The van der Waals surface area contributed by atoms with Crippen LogP contribution < -0.4 is 38.1 Å². The number of rotatable bonds is 17. The second kappa shape index (κ2) is 17.0. The number of nitrogens with one attached hydrogen (secondary N) is 6. The number of primary amides is 1. The summed E-state index contributed by atoms with van der Waals surface area (Å²) in [6, 6.07) is 0.799. The number of hydrogen-bond donors (Lipinski definition) is 10. The largest absolute Gasteiger partial charge is 0.508 e. The van der Waals surface area contributed by atoms with Gasteiger partial charge in [0, 0.05) is 19.9 Å². The van der Waals surface area contributed by atoms with Crippen molar-refractivity contribution in [1.82, 2.24) is 26.6 Å². The summed E-state index contributed by atoms with van der Waals surface area (Å²) >= 11 is 0. The number of phenols is 1. The maximum absolute atomic E-state index is 13.4. The van der Waals surface area contributed by atoms with Gasteiger partial charge in [0.15, 0.2) is 5.96 Å². The number of hydrogen-bond acceptors (Lipinski definition) is 8. The van der Waals surface area contributed by atoms with E-state index in [0.29, 0.717) is 12.0 Å². The molecule has 232 valence electrons. The SMILES string of the molecule is CC(=O)N[C@@H](CC(=O)O)C(=O)N[C@H](C(=O)N[C@@H](Cc1ccc(O)cc1)C(=O)N[C@@H](CCCNC(=N)N)C(N)=O)C(C)C. The number of carboxylic acid groups (broad SMARTS) is 1. The molecule has 0 bridgehead atoms. The minimum Gasteiger partial charge on any atom is -0.508 e. The zero-order valence-corrected chi connectivity index (χ0v) is 23.7. The summed E-state index contributed by atoms with van der Waals surface area (Å²) in [6.45, 7) is 4.59. The van der Waals surface area contributed by atoms with Gasteiger partial charge in [0.2, 0.25) is 29.5 Å². The highest BCUT2D eigenvalue weighted by Gasteiger charge is 2.33. The third kappa shape index (κ3) is 13.0. The number of aromatic hydroxyl groups is 1. The van der Waals surface area contributed by atoms with Crippen LogP contribution >= 0.6 is 0 Å². The van der Waals surface area contributed by atoms with Gasteiger partial charge in [-0.1, -0.05) is 26.0 Å². The molecule has 0 aliphatic heterocycles.